The van der Waals surface area contributed by atoms with Crippen LogP contribution < -0.4 is 14.2 Å². The number of ketones is 1. The van der Waals surface area contributed by atoms with Crippen LogP contribution in [-0.4, -0.2) is 32.4 Å². The molecule has 0 amide bonds. The Morgan fingerprint density at radius 3 is 2.32 bits per heavy atom. The molecule has 1 aromatic heterocycles. The van der Waals surface area contributed by atoms with Crippen molar-refractivity contribution < 1.29 is 23.4 Å². The monoisotopic (exact) mass is 328 g/mol. The van der Waals surface area contributed by atoms with Crippen LogP contribution in [0.15, 0.2) is 16.7 Å². The van der Waals surface area contributed by atoms with Gasteiger partial charge in [0.25, 0.3) is 0 Å². The third-order valence-electron chi connectivity index (χ3n) is 2.79. The van der Waals surface area contributed by atoms with Crippen LogP contribution in [-0.2, 0) is 0 Å². The van der Waals surface area contributed by atoms with Crippen LogP contribution in [0.1, 0.15) is 10.4 Å². The zero-order chi connectivity index (χ0) is 14.0. The fourth-order valence-electron chi connectivity index (χ4n) is 2.03. The lowest BCUT2D eigenvalue weighted by molar-refractivity contribution is 0.101. The van der Waals surface area contributed by atoms with Gasteiger partial charge in [0.05, 0.1) is 38.3 Å². The van der Waals surface area contributed by atoms with E-state index >= 15 is 0 Å². The summed E-state index contributed by atoms with van der Waals surface area (Å²) in [5.74, 6) is 0.958. The zero-order valence-electron chi connectivity index (χ0n) is 10.8. The number of halogens is 1. The molecular weight excluding hydrogens is 316 g/mol. The minimum Gasteiger partial charge on any atom is -0.495 e. The average molecular weight is 329 g/mol. The Labute approximate surface area is 118 Å². The number of Topliss-reactive ketones (excluding diaryl/α,β-unsaturated/α-hetero) is 1. The lowest BCUT2D eigenvalue weighted by Crippen LogP contribution is -2.07. The summed E-state index contributed by atoms with van der Waals surface area (Å²) in [7, 11) is 4.46. The molecule has 0 fully saturated rings. The van der Waals surface area contributed by atoms with Gasteiger partial charge < -0.3 is 18.6 Å². The molecule has 0 unspecified atom stereocenters. The highest BCUT2D eigenvalue weighted by molar-refractivity contribution is 9.09. The van der Waals surface area contributed by atoms with Gasteiger partial charge in [-0.3, -0.25) is 4.79 Å². The van der Waals surface area contributed by atoms with Crippen LogP contribution >= 0.6 is 15.9 Å². The van der Waals surface area contributed by atoms with Crippen LogP contribution in [0.2, 0.25) is 0 Å². The van der Waals surface area contributed by atoms with Gasteiger partial charge in [-0.05, 0) is 6.07 Å². The first-order valence-corrected chi connectivity index (χ1v) is 6.60. The largest absolute Gasteiger partial charge is 0.495 e. The summed E-state index contributed by atoms with van der Waals surface area (Å²) in [5, 5.41) is 0.830. The summed E-state index contributed by atoms with van der Waals surface area (Å²) >= 11 is 3.15. The molecule has 0 radical (unpaired) electrons. The molecule has 0 aliphatic heterocycles. The van der Waals surface area contributed by atoms with E-state index in [-0.39, 0.29) is 11.1 Å². The molecule has 0 N–H and O–H groups in total. The van der Waals surface area contributed by atoms with Gasteiger partial charge in [0, 0.05) is 0 Å². The van der Waals surface area contributed by atoms with E-state index in [2.05, 4.69) is 15.9 Å². The van der Waals surface area contributed by atoms with E-state index in [0.29, 0.717) is 33.8 Å². The summed E-state index contributed by atoms with van der Waals surface area (Å²) in [6, 6.07) is 1.72. The van der Waals surface area contributed by atoms with Crippen LogP contribution in [0.5, 0.6) is 17.2 Å². The molecular formula is C13H13BrO5. The molecule has 102 valence electrons. The number of carbonyl (C=O) groups is 1. The first kappa shape index (κ1) is 13.7. The third-order valence-corrected chi connectivity index (χ3v) is 3.30. The molecule has 2 aromatic rings. The first-order chi connectivity index (χ1) is 9.19. The number of rotatable bonds is 5. The highest BCUT2D eigenvalue weighted by Crippen LogP contribution is 2.46. The molecule has 0 bridgehead atoms. The quantitative estimate of drug-likeness (QED) is 0.623. The third kappa shape index (κ3) is 2.06. The number of hydrogen-bond acceptors (Lipinski definition) is 5. The molecule has 0 aliphatic carbocycles. The van der Waals surface area contributed by atoms with Gasteiger partial charge in [0.1, 0.15) is 11.3 Å². The number of carbonyl (C=O) groups excluding carboxylic acids is 1. The van der Waals surface area contributed by atoms with Gasteiger partial charge in [0.15, 0.2) is 17.1 Å². The Bertz CT molecular complexity index is 617. The Morgan fingerprint density at radius 1 is 1.16 bits per heavy atom. The van der Waals surface area contributed by atoms with E-state index in [1.54, 1.807) is 6.07 Å². The summed E-state index contributed by atoms with van der Waals surface area (Å²) in [6.07, 6.45) is 1.51. The first-order valence-electron chi connectivity index (χ1n) is 5.47. The minimum absolute atomic E-state index is 0.157. The van der Waals surface area contributed by atoms with E-state index < -0.39 is 0 Å². The molecule has 0 aliphatic rings. The normalized spacial score (nSPS) is 10.5. The molecule has 2 rings (SSSR count). The number of ether oxygens (including phenoxy) is 3. The second-order valence-corrected chi connectivity index (χ2v) is 4.26. The predicted octanol–water partition coefficient (Wildman–Crippen LogP) is 3.04. The molecule has 19 heavy (non-hydrogen) atoms. The second-order valence-electron chi connectivity index (χ2n) is 3.69. The van der Waals surface area contributed by atoms with Crippen LogP contribution in [0.25, 0.3) is 11.0 Å². The lowest BCUT2D eigenvalue weighted by atomic mass is 10.0. The van der Waals surface area contributed by atoms with E-state index in [1.165, 1.54) is 27.6 Å². The van der Waals surface area contributed by atoms with Crippen molar-refractivity contribution in [1.82, 2.24) is 0 Å². The number of fused-ring (bicyclic) bond motifs is 1. The van der Waals surface area contributed by atoms with E-state index in [4.69, 9.17) is 18.6 Å². The molecule has 6 heteroatoms. The summed E-state index contributed by atoms with van der Waals surface area (Å²) in [5.41, 5.74) is 0.829. The fourth-order valence-corrected chi connectivity index (χ4v) is 2.31. The van der Waals surface area contributed by atoms with Gasteiger partial charge >= 0.3 is 0 Å². The lowest BCUT2D eigenvalue weighted by Gasteiger charge is -2.15. The average Bonchev–Trinajstić information content (AvgIpc) is 2.92. The Kier molecular flexibility index (Phi) is 3.99. The maximum Gasteiger partial charge on any atom is 0.205 e. The number of hydrogen-bond donors (Lipinski definition) is 0. The number of benzene rings is 1. The SMILES string of the molecule is COc1c(C(=O)CBr)c(OC)c2ccoc2c1OC. The molecule has 0 atom stereocenters. The van der Waals surface area contributed by atoms with Gasteiger partial charge in [-0.25, -0.2) is 0 Å². The maximum absolute atomic E-state index is 12.1. The van der Waals surface area contributed by atoms with Gasteiger partial charge in [-0.1, -0.05) is 15.9 Å². The summed E-state index contributed by atoms with van der Waals surface area (Å²) in [6.45, 7) is 0. The van der Waals surface area contributed by atoms with Crippen molar-refractivity contribution in [2.45, 2.75) is 0 Å². The summed E-state index contributed by atoms with van der Waals surface area (Å²) < 4.78 is 21.3. The smallest absolute Gasteiger partial charge is 0.205 e. The fraction of sp³-hybridized carbons (Fsp3) is 0.308. The highest BCUT2D eigenvalue weighted by Gasteiger charge is 2.27. The standard InChI is InChI=1S/C13H13BrO5/c1-16-10-7-4-5-19-11(7)13(18-3)12(17-2)9(10)8(15)6-14/h4-5H,6H2,1-3H3. The van der Waals surface area contributed by atoms with Crippen molar-refractivity contribution in [3.63, 3.8) is 0 Å². The number of furan rings is 1. The van der Waals surface area contributed by atoms with Crippen molar-refractivity contribution >= 4 is 32.7 Å². The van der Waals surface area contributed by atoms with Crippen molar-refractivity contribution in [1.29, 1.82) is 0 Å². The predicted molar refractivity (Wildman–Crippen MR) is 74.0 cm³/mol. The molecule has 0 spiro atoms. The van der Waals surface area contributed by atoms with Crippen molar-refractivity contribution in [2.75, 3.05) is 26.7 Å². The Morgan fingerprint density at radius 2 is 1.79 bits per heavy atom. The highest BCUT2D eigenvalue weighted by atomic mass is 79.9. The van der Waals surface area contributed by atoms with E-state index in [9.17, 15) is 4.79 Å². The van der Waals surface area contributed by atoms with Crippen molar-refractivity contribution in [3.05, 3.63) is 17.9 Å². The van der Waals surface area contributed by atoms with Gasteiger partial charge in [-0.15, -0.1) is 0 Å². The van der Waals surface area contributed by atoms with Gasteiger partial charge in [-0.2, -0.15) is 0 Å². The number of methoxy groups -OCH3 is 3. The second kappa shape index (κ2) is 5.52. The maximum atomic E-state index is 12.1. The molecule has 0 saturated carbocycles. The van der Waals surface area contributed by atoms with Crippen LogP contribution in [0, 0.1) is 0 Å². The molecule has 1 aromatic carbocycles. The minimum atomic E-state index is -0.157. The van der Waals surface area contributed by atoms with Crippen molar-refractivity contribution in [2.24, 2.45) is 0 Å². The Balaban J connectivity index is 2.92. The molecule has 1 heterocycles. The van der Waals surface area contributed by atoms with E-state index in [0.717, 1.165) is 0 Å². The topological polar surface area (TPSA) is 57.9 Å². The van der Waals surface area contributed by atoms with Gasteiger partial charge in [0.2, 0.25) is 5.75 Å². The molecule has 5 nitrogen and oxygen atoms in total. The Hall–Kier alpha value is -1.69. The number of alkyl halides is 1. The van der Waals surface area contributed by atoms with Crippen LogP contribution in [0.4, 0.5) is 0 Å². The summed E-state index contributed by atoms with van der Waals surface area (Å²) in [4.78, 5) is 12.1. The van der Waals surface area contributed by atoms with Crippen molar-refractivity contribution in [3.8, 4) is 17.2 Å². The van der Waals surface area contributed by atoms with Crippen LogP contribution in [0.3, 0.4) is 0 Å². The molecule has 0 saturated heterocycles. The zero-order valence-corrected chi connectivity index (χ0v) is 12.4. The van der Waals surface area contributed by atoms with E-state index in [1.807, 2.05) is 0 Å².